The van der Waals surface area contributed by atoms with Crippen LogP contribution in [0.1, 0.15) is 44.3 Å². The molecule has 1 fully saturated rings. The van der Waals surface area contributed by atoms with E-state index in [1.165, 1.54) is 38.5 Å². The minimum Gasteiger partial charge on any atom is -0.469 e. The first-order valence-electron chi connectivity index (χ1n) is 6.93. The molecule has 1 saturated carbocycles. The van der Waals surface area contributed by atoms with Gasteiger partial charge in [0.25, 0.3) is 0 Å². The van der Waals surface area contributed by atoms with Gasteiger partial charge in [-0.25, -0.2) is 0 Å². The fourth-order valence-electron chi connectivity index (χ4n) is 2.42. The summed E-state index contributed by atoms with van der Waals surface area (Å²) in [6.07, 6.45) is 10.2. The summed E-state index contributed by atoms with van der Waals surface area (Å²) in [5, 5.41) is 3.34. The molecular formula is C14H24IN3O. The second-order valence-electron chi connectivity index (χ2n) is 4.93. The van der Waals surface area contributed by atoms with E-state index in [0.29, 0.717) is 18.5 Å². The van der Waals surface area contributed by atoms with Crippen molar-refractivity contribution in [3.05, 3.63) is 24.2 Å². The number of halogens is 1. The van der Waals surface area contributed by atoms with Crippen LogP contribution in [0.4, 0.5) is 0 Å². The number of nitrogens with zero attached hydrogens (tertiary/aromatic N) is 1. The lowest BCUT2D eigenvalue weighted by molar-refractivity contribution is 0.509. The minimum atomic E-state index is 0. The van der Waals surface area contributed by atoms with Crippen LogP contribution in [0.5, 0.6) is 0 Å². The molecule has 0 aliphatic heterocycles. The zero-order chi connectivity index (χ0) is 12.6. The molecule has 0 saturated heterocycles. The maximum absolute atomic E-state index is 5.90. The number of nitrogens with two attached hydrogens (primary N) is 1. The van der Waals surface area contributed by atoms with E-state index < -0.39 is 0 Å². The predicted octanol–water partition coefficient (Wildman–Crippen LogP) is 3.07. The summed E-state index contributed by atoms with van der Waals surface area (Å²) in [4.78, 5) is 4.35. The summed E-state index contributed by atoms with van der Waals surface area (Å²) >= 11 is 0. The Balaban J connectivity index is 0.00000180. The number of guanidine groups is 1. The number of hydrogen-bond donors (Lipinski definition) is 2. The Kier molecular flexibility index (Phi) is 7.93. The van der Waals surface area contributed by atoms with E-state index in [-0.39, 0.29) is 24.0 Å². The quantitative estimate of drug-likeness (QED) is 0.367. The van der Waals surface area contributed by atoms with Crippen LogP contribution in [-0.2, 0) is 6.42 Å². The lowest BCUT2D eigenvalue weighted by Crippen LogP contribution is -2.40. The number of nitrogens with one attached hydrogen (secondary N) is 1. The molecule has 0 radical (unpaired) electrons. The molecule has 1 aromatic rings. The van der Waals surface area contributed by atoms with Gasteiger partial charge in [-0.15, -0.1) is 24.0 Å². The fourth-order valence-corrected chi connectivity index (χ4v) is 2.42. The summed E-state index contributed by atoms with van der Waals surface area (Å²) in [6, 6.07) is 4.37. The van der Waals surface area contributed by atoms with E-state index >= 15 is 0 Å². The lowest BCUT2D eigenvalue weighted by atomic mass is 10.1. The molecule has 19 heavy (non-hydrogen) atoms. The van der Waals surface area contributed by atoms with Crippen molar-refractivity contribution < 1.29 is 4.42 Å². The Bertz CT molecular complexity index is 357. The van der Waals surface area contributed by atoms with E-state index in [1.807, 2.05) is 12.1 Å². The highest BCUT2D eigenvalue weighted by Crippen LogP contribution is 2.16. The van der Waals surface area contributed by atoms with Gasteiger partial charge in [-0.05, 0) is 25.0 Å². The third-order valence-electron chi connectivity index (χ3n) is 3.43. The molecule has 0 unspecified atom stereocenters. The SMILES string of the molecule is I.NC(=NCCc1ccco1)NC1CCCCCC1. The Morgan fingerprint density at radius 2 is 2.05 bits per heavy atom. The number of aliphatic imine (C=N–C) groups is 1. The van der Waals surface area contributed by atoms with Crippen molar-refractivity contribution in [2.24, 2.45) is 10.7 Å². The fraction of sp³-hybridized carbons (Fsp3) is 0.643. The van der Waals surface area contributed by atoms with Crippen molar-refractivity contribution in [1.29, 1.82) is 0 Å². The summed E-state index contributed by atoms with van der Waals surface area (Å²) in [6.45, 7) is 0.680. The number of rotatable bonds is 4. The van der Waals surface area contributed by atoms with Crippen LogP contribution in [0, 0.1) is 0 Å². The number of hydrogen-bond acceptors (Lipinski definition) is 2. The van der Waals surface area contributed by atoms with Crippen LogP contribution in [-0.4, -0.2) is 18.5 Å². The summed E-state index contributed by atoms with van der Waals surface area (Å²) in [5.41, 5.74) is 5.90. The van der Waals surface area contributed by atoms with Crippen molar-refractivity contribution in [3.63, 3.8) is 0 Å². The molecule has 1 heterocycles. The van der Waals surface area contributed by atoms with Crippen LogP contribution in [0.2, 0.25) is 0 Å². The third-order valence-corrected chi connectivity index (χ3v) is 3.43. The average molecular weight is 377 g/mol. The molecule has 0 atom stereocenters. The van der Waals surface area contributed by atoms with Gasteiger partial charge < -0.3 is 15.5 Å². The van der Waals surface area contributed by atoms with E-state index in [4.69, 9.17) is 10.2 Å². The monoisotopic (exact) mass is 377 g/mol. The van der Waals surface area contributed by atoms with E-state index in [9.17, 15) is 0 Å². The van der Waals surface area contributed by atoms with Gasteiger partial charge in [-0.3, -0.25) is 4.99 Å². The second kappa shape index (κ2) is 9.23. The predicted molar refractivity (Wildman–Crippen MR) is 88.9 cm³/mol. The highest BCUT2D eigenvalue weighted by molar-refractivity contribution is 14.0. The topological polar surface area (TPSA) is 63.5 Å². The van der Waals surface area contributed by atoms with Crippen molar-refractivity contribution >= 4 is 29.9 Å². The normalized spacial score (nSPS) is 17.6. The molecule has 0 bridgehead atoms. The molecule has 1 aliphatic rings. The van der Waals surface area contributed by atoms with Crippen LogP contribution in [0.3, 0.4) is 0 Å². The minimum absolute atomic E-state index is 0. The Morgan fingerprint density at radius 3 is 2.68 bits per heavy atom. The highest BCUT2D eigenvalue weighted by atomic mass is 127. The molecule has 0 spiro atoms. The molecule has 1 aromatic heterocycles. The molecule has 3 N–H and O–H groups in total. The van der Waals surface area contributed by atoms with E-state index in [0.717, 1.165) is 12.2 Å². The highest BCUT2D eigenvalue weighted by Gasteiger charge is 2.12. The Labute approximate surface area is 132 Å². The maximum atomic E-state index is 5.90. The van der Waals surface area contributed by atoms with Gasteiger partial charge in [0.15, 0.2) is 5.96 Å². The summed E-state index contributed by atoms with van der Waals surface area (Å²) < 4.78 is 5.25. The van der Waals surface area contributed by atoms with Crippen LogP contribution < -0.4 is 11.1 Å². The number of furan rings is 1. The van der Waals surface area contributed by atoms with Gasteiger partial charge in [0.2, 0.25) is 0 Å². The van der Waals surface area contributed by atoms with Crippen LogP contribution in [0.15, 0.2) is 27.8 Å². The average Bonchev–Trinajstić information content (AvgIpc) is 2.74. The van der Waals surface area contributed by atoms with Crippen molar-refractivity contribution in [3.8, 4) is 0 Å². The van der Waals surface area contributed by atoms with Gasteiger partial charge in [0, 0.05) is 19.0 Å². The van der Waals surface area contributed by atoms with Gasteiger partial charge in [0.05, 0.1) is 6.26 Å². The molecule has 0 aromatic carbocycles. The van der Waals surface area contributed by atoms with Gasteiger partial charge in [-0.1, -0.05) is 25.7 Å². The zero-order valence-electron chi connectivity index (χ0n) is 11.3. The lowest BCUT2D eigenvalue weighted by Gasteiger charge is -2.16. The molecule has 4 nitrogen and oxygen atoms in total. The first kappa shape index (κ1) is 16.3. The molecule has 108 valence electrons. The van der Waals surface area contributed by atoms with Gasteiger partial charge in [-0.2, -0.15) is 0 Å². The third kappa shape index (κ3) is 6.31. The Hall–Kier alpha value is -0.720. The molecule has 1 aliphatic carbocycles. The molecule has 5 heteroatoms. The molecule has 0 amide bonds. The Morgan fingerprint density at radius 1 is 1.32 bits per heavy atom. The molecular weight excluding hydrogens is 353 g/mol. The van der Waals surface area contributed by atoms with E-state index in [1.54, 1.807) is 6.26 Å². The second-order valence-corrected chi connectivity index (χ2v) is 4.93. The van der Waals surface area contributed by atoms with Crippen molar-refractivity contribution in [1.82, 2.24) is 5.32 Å². The smallest absolute Gasteiger partial charge is 0.188 e. The maximum Gasteiger partial charge on any atom is 0.188 e. The van der Waals surface area contributed by atoms with Crippen LogP contribution >= 0.6 is 24.0 Å². The standard InChI is InChI=1S/C14H23N3O.HI/c15-14(16-10-9-13-8-5-11-18-13)17-12-6-3-1-2-4-7-12;/h5,8,11-12H,1-4,6-7,9-10H2,(H3,15,16,17);1H. The van der Waals surface area contributed by atoms with Crippen molar-refractivity contribution in [2.45, 2.75) is 51.0 Å². The largest absolute Gasteiger partial charge is 0.469 e. The van der Waals surface area contributed by atoms with Gasteiger partial charge >= 0.3 is 0 Å². The first-order valence-corrected chi connectivity index (χ1v) is 6.93. The van der Waals surface area contributed by atoms with Crippen LogP contribution in [0.25, 0.3) is 0 Å². The zero-order valence-corrected chi connectivity index (χ0v) is 13.6. The summed E-state index contributed by atoms with van der Waals surface area (Å²) in [5.74, 6) is 1.54. The summed E-state index contributed by atoms with van der Waals surface area (Å²) in [7, 11) is 0. The molecule has 2 rings (SSSR count). The van der Waals surface area contributed by atoms with Crippen molar-refractivity contribution in [2.75, 3.05) is 6.54 Å². The first-order chi connectivity index (χ1) is 8.84. The van der Waals surface area contributed by atoms with E-state index in [2.05, 4.69) is 10.3 Å². The van der Waals surface area contributed by atoms with Gasteiger partial charge in [0.1, 0.15) is 5.76 Å².